The van der Waals surface area contributed by atoms with Crippen molar-refractivity contribution in [2.24, 2.45) is 43.7 Å². The second-order valence-electron chi connectivity index (χ2n) is 33.0. The molecule has 5 aromatic rings. The van der Waals surface area contributed by atoms with Gasteiger partial charge in [-0.2, -0.15) is 10.2 Å². The van der Waals surface area contributed by atoms with E-state index in [1.54, 1.807) is 32.9 Å². The molecule has 37 heteroatoms. The van der Waals surface area contributed by atoms with E-state index in [9.17, 15) is 28.8 Å². The molecule has 9 fully saturated rings. The molecule has 660 valence electrons. The van der Waals surface area contributed by atoms with E-state index in [4.69, 9.17) is 105 Å². The van der Waals surface area contributed by atoms with Gasteiger partial charge in [-0.3, -0.25) is 28.5 Å². The number of halogens is 7. The van der Waals surface area contributed by atoms with E-state index >= 15 is 0 Å². The van der Waals surface area contributed by atoms with Gasteiger partial charge in [0.05, 0.1) is 37.8 Å². The SMILES string of the molecule is C#CCC.C[C@@H]1CN(C(=O)OC(C)(C)C)CCN1C(=O)C1CC1.C[C@@H]1CNCCN1C(=O)C1CC1.C[C@@H]1CNCCN1C(=O)C1CC1.C[C@H]1CCCN(C(=O)OC(C)(C)C)C1.Clc1ncc(I)c(Cl)n1.Cn1cc(-c2nc(Cl)ncc2C#CCO)cn1.Cn1cc(B2OC(C)(C)C(C)(C)O2)cn1.O=C(Cl)C1CC1.OCC#Cc1cnc(Cl)nc1Cl. The first kappa shape index (κ1) is 104. The van der Waals surface area contributed by atoms with Crippen molar-refractivity contribution in [3.8, 4) is 47.3 Å². The molecule has 5 aromatic heterocycles. The number of piperazine rings is 3. The molecule has 120 heavy (non-hydrogen) atoms. The van der Waals surface area contributed by atoms with Crippen LogP contribution < -0.4 is 16.1 Å². The number of terminal acetylenes is 1. The van der Waals surface area contributed by atoms with Crippen LogP contribution in [-0.2, 0) is 52.1 Å². The predicted octanol–water partition coefficient (Wildman–Crippen LogP) is 12.3. The Labute approximate surface area is 752 Å². The third-order valence-corrected chi connectivity index (χ3v) is 21.8. The molecule has 0 spiro atoms. The Kier molecular flexibility index (Phi) is 43.5. The number of hydrogen-bond acceptors (Lipinski definition) is 22. The molecule has 0 aromatic carbocycles. The van der Waals surface area contributed by atoms with Crippen LogP contribution in [0.5, 0.6) is 0 Å². The maximum atomic E-state index is 12.1. The number of piperidine rings is 1. The molecular formula is C83H119BCl6IN17O12. The van der Waals surface area contributed by atoms with E-state index in [0.29, 0.717) is 83.3 Å². The third kappa shape index (κ3) is 37.8. The van der Waals surface area contributed by atoms with Crippen molar-refractivity contribution in [2.45, 2.75) is 215 Å². The summed E-state index contributed by atoms with van der Waals surface area (Å²) in [6, 6.07) is 0.869. The molecule has 5 aliphatic heterocycles. The monoisotopic (exact) mass is 1890 g/mol. The summed E-state index contributed by atoms with van der Waals surface area (Å²) in [4.78, 5) is 101. The average molecular weight is 1900 g/mol. The van der Waals surface area contributed by atoms with Crippen LogP contribution in [0.3, 0.4) is 0 Å². The highest BCUT2D eigenvalue weighted by Crippen LogP contribution is 2.38. The molecule has 4 aliphatic carbocycles. The minimum Gasteiger partial charge on any atom is -0.444 e. The summed E-state index contributed by atoms with van der Waals surface area (Å²) in [6.07, 6.45) is 27.7. The highest BCUT2D eigenvalue weighted by molar-refractivity contribution is 14.1. The van der Waals surface area contributed by atoms with Gasteiger partial charge in [0.1, 0.15) is 34.7 Å². The number of aromatic nitrogens is 10. The number of amides is 5. The molecule has 5 saturated heterocycles. The molecular weight excluding hydrogens is 1780 g/mol. The number of aliphatic hydroxyl groups excluding tert-OH is 2. The lowest BCUT2D eigenvalue weighted by Gasteiger charge is -2.40. The Morgan fingerprint density at radius 3 is 1.38 bits per heavy atom. The van der Waals surface area contributed by atoms with E-state index in [-0.39, 0.29) is 99.4 Å². The van der Waals surface area contributed by atoms with Gasteiger partial charge in [-0.15, -0.1) is 12.3 Å². The second-order valence-corrected chi connectivity index (χ2v) is 36.3. The summed E-state index contributed by atoms with van der Waals surface area (Å²) >= 11 is 34.9. The van der Waals surface area contributed by atoms with E-state index in [0.717, 1.165) is 131 Å². The lowest BCUT2D eigenvalue weighted by atomic mass is 9.82. The maximum absolute atomic E-state index is 12.1. The molecule has 10 heterocycles. The molecule has 0 unspecified atom stereocenters. The lowest BCUT2D eigenvalue weighted by molar-refractivity contribution is -0.137. The Morgan fingerprint density at radius 2 is 1.01 bits per heavy atom. The molecule has 4 saturated carbocycles. The smallest absolute Gasteiger partial charge is 0.444 e. The summed E-state index contributed by atoms with van der Waals surface area (Å²) in [5.74, 6) is 15.6. The molecule has 9 aliphatic rings. The molecule has 0 radical (unpaired) electrons. The normalized spacial score (nSPS) is 19.8. The van der Waals surface area contributed by atoms with E-state index in [1.807, 2.05) is 152 Å². The van der Waals surface area contributed by atoms with Crippen molar-refractivity contribution in [3.63, 3.8) is 0 Å². The van der Waals surface area contributed by atoms with Crippen molar-refractivity contribution >= 4 is 140 Å². The zero-order valence-electron chi connectivity index (χ0n) is 72.1. The van der Waals surface area contributed by atoms with Gasteiger partial charge in [-0.05, 0) is 229 Å². The number of hydrogen-bond donors (Lipinski definition) is 4. The number of rotatable bonds is 6. The van der Waals surface area contributed by atoms with Crippen molar-refractivity contribution < 1.29 is 57.8 Å². The second kappa shape index (κ2) is 50.3. The Bertz CT molecular complexity index is 4260. The van der Waals surface area contributed by atoms with Crippen LogP contribution in [0.1, 0.15) is 186 Å². The largest absolute Gasteiger partial charge is 0.498 e. The van der Waals surface area contributed by atoms with Crippen LogP contribution in [0.25, 0.3) is 11.3 Å². The number of nitrogens with one attached hydrogen (secondary N) is 2. The summed E-state index contributed by atoms with van der Waals surface area (Å²) in [7, 11) is 3.39. The van der Waals surface area contributed by atoms with Gasteiger partial charge >= 0.3 is 19.3 Å². The topological polar surface area (TPSA) is 333 Å². The van der Waals surface area contributed by atoms with Crippen LogP contribution in [0.15, 0.2) is 43.4 Å². The van der Waals surface area contributed by atoms with Crippen LogP contribution in [0.2, 0.25) is 26.2 Å². The molecule has 14 rings (SSSR count). The molecule has 4 N–H and O–H groups in total. The number of aryl methyl sites for hydroxylation is 2. The number of aliphatic hydroxyl groups is 2. The zero-order valence-corrected chi connectivity index (χ0v) is 78.8. The predicted molar refractivity (Wildman–Crippen MR) is 477 cm³/mol. The van der Waals surface area contributed by atoms with Gasteiger partial charge in [-0.1, -0.05) is 60.7 Å². The Hall–Kier alpha value is -6.75. The van der Waals surface area contributed by atoms with Gasteiger partial charge in [0, 0.05) is 183 Å². The third-order valence-electron chi connectivity index (χ3n) is 19.3. The number of carbonyl (C=O) groups is 6. The highest BCUT2D eigenvalue weighted by atomic mass is 127. The van der Waals surface area contributed by atoms with Crippen LogP contribution in [0.4, 0.5) is 9.59 Å². The lowest BCUT2D eigenvalue weighted by Crippen LogP contribution is -2.56. The van der Waals surface area contributed by atoms with Gasteiger partial charge in [0.2, 0.25) is 38.8 Å². The molecule has 5 amide bonds. The average Bonchev–Trinajstić information content (AvgIpc) is 1.62. The standard InChI is InChI=1S/C14H24N2O3.C11H9ClN4O.C11H21NO2.C10H17BN2O2.2C9H16N2O.C7H4Cl2N2O.C4HCl2IN2.C4H5ClO.C4H6/c1-10-9-15(13(18)19-14(2,3)4)7-8-16(10)12(17)11-5-6-11;1-16-7-9(6-14-16)10-8(3-2-4-17)5-13-11(12)15-10;1-9-6-5-7-12(8-9)10(13)14-11(2,3)4;1-9(2)10(3,4)15-11(14-9)8-6-12-13(5)7-8;2*1-7-6-10-4-5-11(7)9(12)8-2-3-8;8-6-5(2-1-3-12)4-10-7(9)11-6;5-3-2(7)1-8-4(6)9-3;5-4(6)3-1-2-3;1-3-4-2/h10-11H,5-9H2,1-4H3;5-7,17H,4H2,1H3;9H,5-8H2,1-4H3;6-7H,1-5H3;2*7-8,10H,2-6H2,1H3;4,12H,3H2;1H;3H,1-2H2;1H,4H2,2H3/t10-;;9-;;2*7-;;;;/m1.0.11..../s1. The fourth-order valence-electron chi connectivity index (χ4n) is 11.6. The van der Waals surface area contributed by atoms with Crippen LogP contribution >= 0.6 is 92.2 Å². The summed E-state index contributed by atoms with van der Waals surface area (Å²) in [5.41, 5.74) is 2.03. The number of likely N-dealkylation sites (tertiary alicyclic amines) is 1. The van der Waals surface area contributed by atoms with Crippen LogP contribution in [0, 0.1) is 69.2 Å². The van der Waals surface area contributed by atoms with Crippen molar-refractivity contribution in [1.82, 2.24) is 84.6 Å². The van der Waals surface area contributed by atoms with Gasteiger partial charge in [0.15, 0.2) is 0 Å². The van der Waals surface area contributed by atoms with Gasteiger partial charge in [0.25, 0.3) is 0 Å². The summed E-state index contributed by atoms with van der Waals surface area (Å²) in [6.45, 7) is 38.5. The fraction of sp³-hybridized carbons (Fsp3) is 0.639. The first-order chi connectivity index (χ1) is 56.4. The summed E-state index contributed by atoms with van der Waals surface area (Å²) in [5, 5.41) is 32.7. The fourth-order valence-corrected chi connectivity index (χ4v) is 12.8. The molecule has 4 atom stereocenters. The number of ether oxygens (including phenoxy) is 2. The van der Waals surface area contributed by atoms with E-state index in [1.165, 1.54) is 18.8 Å². The Balaban J connectivity index is 0.000000242. The van der Waals surface area contributed by atoms with Gasteiger partial charge < -0.3 is 64.1 Å². The first-order valence-corrected chi connectivity index (χ1v) is 43.7. The van der Waals surface area contributed by atoms with Crippen molar-refractivity contribution in [2.75, 3.05) is 85.2 Å². The maximum Gasteiger partial charge on any atom is 0.498 e. The van der Waals surface area contributed by atoms with Crippen molar-refractivity contribution in [1.29, 1.82) is 0 Å². The molecule has 29 nitrogen and oxygen atoms in total. The van der Waals surface area contributed by atoms with E-state index in [2.05, 4.69) is 101 Å². The van der Waals surface area contributed by atoms with Crippen molar-refractivity contribution in [3.05, 3.63) is 84.2 Å². The summed E-state index contributed by atoms with van der Waals surface area (Å²) < 4.78 is 26.7. The minimum atomic E-state index is -0.471. The molecule has 0 bridgehead atoms. The van der Waals surface area contributed by atoms with Gasteiger partial charge in [-0.25, -0.2) is 39.5 Å². The Morgan fingerprint density at radius 1 is 0.583 bits per heavy atom. The van der Waals surface area contributed by atoms with Crippen LogP contribution in [-0.4, -0.2) is 252 Å². The number of nitrogens with zero attached hydrogens (tertiary/aromatic N) is 15. The quantitative estimate of drug-likeness (QED) is 0.0306. The first-order valence-electron chi connectivity index (χ1n) is 40.4. The van der Waals surface area contributed by atoms with E-state index < -0.39 is 5.60 Å². The zero-order chi connectivity index (χ0) is 89.4. The minimum absolute atomic E-state index is 0.0781. The number of carbonyl (C=O) groups excluding carboxylic acids is 6. The highest BCUT2D eigenvalue weighted by Gasteiger charge is 2.52.